The van der Waals surface area contributed by atoms with E-state index in [0.717, 1.165) is 17.7 Å². The molecule has 0 radical (unpaired) electrons. The van der Waals surface area contributed by atoms with Crippen molar-refractivity contribution in [2.24, 2.45) is 11.8 Å². The lowest BCUT2D eigenvalue weighted by Gasteiger charge is -2.24. The van der Waals surface area contributed by atoms with Gasteiger partial charge in [-0.05, 0) is 50.5 Å². The first kappa shape index (κ1) is 18.2. The summed E-state index contributed by atoms with van der Waals surface area (Å²) < 4.78 is 40.7. The number of halogens is 3. The van der Waals surface area contributed by atoms with Gasteiger partial charge in [0.15, 0.2) is 11.6 Å². The molecule has 2 atom stereocenters. The lowest BCUT2D eigenvalue weighted by Crippen LogP contribution is -2.35. The molecule has 2 aliphatic rings. The highest BCUT2D eigenvalue weighted by Crippen LogP contribution is 2.45. The summed E-state index contributed by atoms with van der Waals surface area (Å²) in [6, 6.07) is 5.40. The van der Waals surface area contributed by atoms with E-state index in [2.05, 4.69) is 9.72 Å². The van der Waals surface area contributed by atoms with Gasteiger partial charge in [0.05, 0.1) is 5.69 Å². The average Bonchev–Trinajstić information content (AvgIpc) is 3.19. The van der Waals surface area contributed by atoms with Crippen molar-refractivity contribution < 1.29 is 27.5 Å². The number of ketones is 2. The zero-order valence-corrected chi connectivity index (χ0v) is 15.2. The molecule has 0 amide bonds. The normalized spacial score (nSPS) is 25.1. The van der Waals surface area contributed by atoms with Crippen molar-refractivity contribution in [3.05, 3.63) is 34.8 Å². The Morgan fingerprint density at radius 3 is 2.22 bits per heavy atom. The van der Waals surface area contributed by atoms with Crippen LogP contribution in [-0.2, 0) is 9.59 Å². The van der Waals surface area contributed by atoms with E-state index >= 15 is 0 Å². The third-order valence-corrected chi connectivity index (χ3v) is 6.28. The molecule has 2 unspecified atom stereocenters. The van der Waals surface area contributed by atoms with Crippen LogP contribution in [0.25, 0.3) is 10.6 Å². The zero-order chi connectivity index (χ0) is 19.3. The zero-order valence-electron chi connectivity index (χ0n) is 14.4. The van der Waals surface area contributed by atoms with E-state index in [0.29, 0.717) is 22.7 Å². The number of carbonyl (C=O) groups excluding carboxylic acids is 2. The predicted octanol–water partition coefficient (Wildman–Crippen LogP) is 4.67. The van der Waals surface area contributed by atoms with Crippen molar-refractivity contribution in [2.45, 2.75) is 38.5 Å². The van der Waals surface area contributed by atoms with Crippen molar-refractivity contribution in [1.82, 2.24) is 4.98 Å². The summed E-state index contributed by atoms with van der Waals surface area (Å²) in [6.07, 6.45) is -2.55. The van der Waals surface area contributed by atoms with Gasteiger partial charge in [0.1, 0.15) is 16.7 Å². The average molecular weight is 395 g/mol. The molecule has 27 heavy (non-hydrogen) atoms. The molecule has 142 valence electrons. The van der Waals surface area contributed by atoms with Crippen molar-refractivity contribution in [3.8, 4) is 16.3 Å². The maximum atomic E-state index is 12.7. The van der Waals surface area contributed by atoms with Crippen LogP contribution in [-0.4, -0.2) is 22.9 Å². The smallest absolute Gasteiger partial charge is 0.406 e. The van der Waals surface area contributed by atoms with Crippen molar-refractivity contribution in [2.75, 3.05) is 0 Å². The second-order valence-electron chi connectivity index (χ2n) is 6.98. The predicted molar refractivity (Wildman–Crippen MR) is 92.6 cm³/mol. The molecular weight excluding hydrogens is 379 g/mol. The summed E-state index contributed by atoms with van der Waals surface area (Å²) in [5.74, 6) is -1.30. The highest BCUT2D eigenvalue weighted by molar-refractivity contribution is 7.15. The summed E-state index contributed by atoms with van der Waals surface area (Å²) in [7, 11) is 0. The molecule has 1 aromatic heterocycles. The molecule has 1 heterocycles. The number of nitrogens with zero attached hydrogens (tertiary/aromatic N) is 1. The maximum absolute atomic E-state index is 12.7. The van der Waals surface area contributed by atoms with Crippen molar-refractivity contribution in [1.29, 1.82) is 0 Å². The summed E-state index contributed by atoms with van der Waals surface area (Å²) in [5.41, 5.74) is 1.11. The summed E-state index contributed by atoms with van der Waals surface area (Å²) >= 11 is 1.33. The fourth-order valence-electron chi connectivity index (χ4n) is 3.98. The lowest BCUT2D eigenvalue weighted by atomic mass is 9.77. The Morgan fingerprint density at radius 1 is 1.07 bits per heavy atom. The Hall–Kier alpha value is -2.22. The molecular formula is C19H16F3NO3S. The number of Topliss-reactive ketones (excluding diaryl/α,β-unsaturated/α-hetero) is 2. The van der Waals surface area contributed by atoms with Crippen LogP contribution in [0.2, 0.25) is 0 Å². The Labute approximate surface area is 157 Å². The van der Waals surface area contributed by atoms with Crippen LogP contribution in [0, 0.1) is 18.8 Å². The Balaban J connectivity index is 1.62. The molecule has 0 N–H and O–H groups in total. The van der Waals surface area contributed by atoms with Crippen molar-refractivity contribution >= 4 is 22.9 Å². The minimum Gasteiger partial charge on any atom is -0.406 e. The molecule has 2 aromatic rings. The molecule has 0 aliphatic heterocycles. The van der Waals surface area contributed by atoms with Gasteiger partial charge in [-0.3, -0.25) is 9.59 Å². The topological polar surface area (TPSA) is 56.3 Å². The Kier molecular flexibility index (Phi) is 4.33. The van der Waals surface area contributed by atoms with Crippen LogP contribution in [0.3, 0.4) is 0 Å². The van der Waals surface area contributed by atoms with Crippen molar-refractivity contribution in [3.63, 3.8) is 0 Å². The van der Waals surface area contributed by atoms with Gasteiger partial charge >= 0.3 is 6.36 Å². The van der Waals surface area contributed by atoms with Crippen LogP contribution in [0.1, 0.15) is 35.8 Å². The Morgan fingerprint density at radius 2 is 1.67 bits per heavy atom. The van der Waals surface area contributed by atoms with Gasteiger partial charge in [-0.2, -0.15) is 0 Å². The summed E-state index contributed by atoms with van der Waals surface area (Å²) in [6.45, 7) is 1.81. The number of aromatic nitrogens is 1. The van der Waals surface area contributed by atoms with E-state index in [1.54, 1.807) is 0 Å². The molecule has 2 aliphatic carbocycles. The van der Waals surface area contributed by atoms with E-state index in [1.807, 2.05) is 6.92 Å². The van der Waals surface area contributed by atoms with Gasteiger partial charge in [0.2, 0.25) is 0 Å². The first-order chi connectivity index (χ1) is 12.7. The molecule has 8 heteroatoms. The molecule has 0 spiro atoms. The first-order valence-electron chi connectivity index (χ1n) is 8.64. The van der Waals surface area contributed by atoms with E-state index in [1.165, 1.54) is 35.6 Å². The highest BCUT2D eigenvalue weighted by atomic mass is 32.1. The number of ether oxygens (including phenoxy) is 1. The molecule has 0 saturated heterocycles. The number of hydrogen-bond donors (Lipinski definition) is 0. The van der Waals surface area contributed by atoms with E-state index < -0.39 is 12.3 Å². The standard InChI is InChI=1S/C19H16F3NO3S/c1-9-15(14-16(24)11-2-3-12(8-11)17(14)25)23-18(27-9)10-4-6-13(7-5-10)26-19(20,21)22/h4-7,11-12,14H,2-3,8H2,1H3. The van der Waals surface area contributed by atoms with Crippen LogP contribution in [0.5, 0.6) is 5.75 Å². The summed E-state index contributed by atoms with van der Waals surface area (Å²) in [5, 5.41) is 0.569. The van der Waals surface area contributed by atoms with Gasteiger partial charge in [0.25, 0.3) is 0 Å². The minimum atomic E-state index is -4.74. The minimum absolute atomic E-state index is 0.0392. The number of hydrogen-bond acceptors (Lipinski definition) is 5. The summed E-state index contributed by atoms with van der Waals surface area (Å²) in [4.78, 5) is 30.7. The highest BCUT2D eigenvalue weighted by Gasteiger charge is 2.48. The van der Waals surface area contributed by atoms with E-state index in [-0.39, 0.29) is 29.2 Å². The number of alkyl halides is 3. The largest absolute Gasteiger partial charge is 0.573 e. The van der Waals surface area contributed by atoms with Crippen LogP contribution < -0.4 is 4.74 Å². The second kappa shape index (κ2) is 6.44. The van der Waals surface area contributed by atoms with E-state index in [4.69, 9.17) is 0 Å². The van der Waals surface area contributed by atoms with Crippen LogP contribution in [0.4, 0.5) is 13.2 Å². The number of aryl methyl sites for hydroxylation is 1. The fourth-order valence-corrected chi connectivity index (χ4v) is 4.93. The lowest BCUT2D eigenvalue weighted by molar-refractivity contribution is -0.274. The Bertz CT molecular complexity index is 882. The quantitative estimate of drug-likeness (QED) is 0.709. The maximum Gasteiger partial charge on any atom is 0.573 e. The molecule has 2 fully saturated rings. The third-order valence-electron chi connectivity index (χ3n) is 5.25. The number of rotatable bonds is 3. The first-order valence-corrected chi connectivity index (χ1v) is 9.45. The van der Waals surface area contributed by atoms with Gasteiger partial charge in [-0.1, -0.05) is 0 Å². The van der Waals surface area contributed by atoms with Gasteiger partial charge in [-0.25, -0.2) is 4.98 Å². The van der Waals surface area contributed by atoms with Gasteiger partial charge in [0, 0.05) is 22.3 Å². The van der Waals surface area contributed by atoms with E-state index in [9.17, 15) is 22.8 Å². The molecule has 2 bridgehead atoms. The van der Waals surface area contributed by atoms with Gasteiger partial charge < -0.3 is 4.74 Å². The fraction of sp³-hybridized carbons (Fsp3) is 0.421. The molecule has 2 saturated carbocycles. The molecule has 4 rings (SSSR count). The second-order valence-corrected chi connectivity index (χ2v) is 8.18. The van der Waals surface area contributed by atoms with Gasteiger partial charge in [-0.15, -0.1) is 24.5 Å². The third kappa shape index (κ3) is 3.38. The van der Waals surface area contributed by atoms with Crippen LogP contribution >= 0.6 is 11.3 Å². The number of fused-ring (bicyclic) bond motifs is 2. The number of thiazole rings is 1. The van der Waals surface area contributed by atoms with Crippen LogP contribution in [0.15, 0.2) is 24.3 Å². The molecule has 1 aromatic carbocycles. The SMILES string of the molecule is Cc1sc(-c2ccc(OC(F)(F)F)cc2)nc1C1C(=O)C2CCC(C2)C1=O. The monoisotopic (exact) mass is 395 g/mol. The number of carbonyl (C=O) groups is 2. The molecule has 4 nitrogen and oxygen atoms in total. The number of benzene rings is 1.